The number of nitrogens with two attached hydrogens (primary N) is 1. The number of fused-ring (bicyclic) bond motifs is 1. The van der Waals surface area contributed by atoms with Crippen LogP contribution in [0.15, 0.2) is 37.1 Å². The van der Waals surface area contributed by atoms with Crippen LogP contribution in [0.5, 0.6) is 0 Å². The lowest BCUT2D eigenvalue weighted by atomic mass is 10.4. The number of imidazole rings is 1. The predicted molar refractivity (Wildman–Crippen MR) is 54.5 cm³/mol. The molecule has 74 valence electrons. The summed E-state index contributed by atoms with van der Waals surface area (Å²) in [4.78, 5) is 8.14. The van der Waals surface area contributed by atoms with Crippen molar-refractivity contribution in [3.05, 3.63) is 37.1 Å². The van der Waals surface area contributed by atoms with Gasteiger partial charge in [-0.15, -0.1) is 5.10 Å². The lowest BCUT2D eigenvalue weighted by molar-refractivity contribution is 0.948. The van der Waals surface area contributed by atoms with Gasteiger partial charge in [-0.1, -0.05) is 0 Å². The quantitative estimate of drug-likeness (QED) is 0.620. The zero-order chi connectivity index (χ0) is 10.3. The monoisotopic (exact) mass is 200 g/mol. The minimum atomic E-state index is 0.266. The number of aromatic nitrogens is 5. The average molecular weight is 200 g/mol. The Morgan fingerprint density at radius 1 is 1.27 bits per heavy atom. The van der Waals surface area contributed by atoms with E-state index >= 15 is 0 Å². The maximum atomic E-state index is 5.54. The van der Waals surface area contributed by atoms with Crippen molar-refractivity contribution in [1.82, 2.24) is 24.1 Å². The van der Waals surface area contributed by atoms with Gasteiger partial charge >= 0.3 is 0 Å². The fraction of sp³-hybridized carbons (Fsp3) is 0. The van der Waals surface area contributed by atoms with E-state index in [0.29, 0.717) is 5.65 Å². The first-order chi connectivity index (χ1) is 7.34. The molecule has 3 rings (SSSR count). The van der Waals surface area contributed by atoms with Crippen LogP contribution >= 0.6 is 0 Å². The van der Waals surface area contributed by atoms with Crippen LogP contribution in [0.3, 0.4) is 0 Å². The van der Waals surface area contributed by atoms with Gasteiger partial charge in [0.1, 0.15) is 0 Å². The highest BCUT2D eigenvalue weighted by Gasteiger charge is 2.06. The molecule has 0 saturated heterocycles. The molecule has 0 fully saturated rings. The SMILES string of the molecule is Nc1nc2c(-n3ccnc3)cccn2n1. The van der Waals surface area contributed by atoms with E-state index in [1.165, 1.54) is 0 Å². The normalized spacial score (nSPS) is 10.9. The van der Waals surface area contributed by atoms with Gasteiger partial charge in [0.25, 0.3) is 0 Å². The Morgan fingerprint density at radius 2 is 2.20 bits per heavy atom. The molecule has 0 atom stereocenters. The number of hydrogen-bond donors (Lipinski definition) is 1. The molecule has 3 heterocycles. The van der Waals surface area contributed by atoms with Gasteiger partial charge in [0, 0.05) is 18.6 Å². The van der Waals surface area contributed by atoms with Crippen molar-refractivity contribution in [2.75, 3.05) is 5.73 Å². The smallest absolute Gasteiger partial charge is 0.240 e. The van der Waals surface area contributed by atoms with Crippen molar-refractivity contribution in [1.29, 1.82) is 0 Å². The maximum absolute atomic E-state index is 5.54. The van der Waals surface area contributed by atoms with Crippen LogP contribution in [-0.4, -0.2) is 24.1 Å². The summed E-state index contributed by atoms with van der Waals surface area (Å²) in [6.45, 7) is 0. The third kappa shape index (κ3) is 1.15. The summed E-state index contributed by atoms with van der Waals surface area (Å²) >= 11 is 0. The second kappa shape index (κ2) is 2.81. The highest BCUT2D eigenvalue weighted by Crippen LogP contribution is 2.13. The molecule has 0 saturated carbocycles. The summed E-state index contributed by atoms with van der Waals surface area (Å²) in [6, 6.07) is 3.82. The fourth-order valence-corrected chi connectivity index (χ4v) is 1.51. The van der Waals surface area contributed by atoms with Crippen molar-refractivity contribution in [2.45, 2.75) is 0 Å². The molecule has 0 radical (unpaired) electrons. The Bertz CT molecular complexity index is 594. The van der Waals surface area contributed by atoms with Crippen LogP contribution in [0.25, 0.3) is 11.3 Å². The molecule has 6 nitrogen and oxygen atoms in total. The van der Waals surface area contributed by atoms with E-state index in [1.807, 2.05) is 22.9 Å². The molecule has 0 aromatic carbocycles. The Kier molecular flexibility index (Phi) is 1.49. The number of pyridine rings is 1. The highest BCUT2D eigenvalue weighted by atomic mass is 15.3. The largest absolute Gasteiger partial charge is 0.366 e. The summed E-state index contributed by atoms with van der Waals surface area (Å²) in [7, 11) is 0. The van der Waals surface area contributed by atoms with Crippen LogP contribution in [0.1, 0.15) is 0 Å². The molecule has 3 aromatic heterocycles. The number of hydrogen-bond acceptors (Lipinski definition) is 4. The van der Waals surface area contributed by atoms with Crippen LogP contribution in [0, 0.1) is 0 Å². The van der Waals surface area contributed by atoms with Gasteiger partial charge in [-0.2, -0.15) is 4.98 Å². The standard InChI is InChI=1S/C9H8N6/c10-9-12-8-7(14-5-3-11-6-14)2-1-4-15(8)13-9/h1-6H,(H2,10,13). The van der Waals surface area contributed by atoms with Gasteiger partial charge in [0.2, 0.25) is 5.95 Å². The zero-order valence-corrected chi connectivity index (χ0v) is 7.78. The molecule has 0 unspecified atom stereocenters. The minimum Gasteiger partial charge on any atom is -0.366 e. The number of nitrogen functional groups attached to an aromatic ring is 1. The van der Waals surface area contributed by atoms with E-state index in [-0.39, 0.29) is 5.95 Å². The molecule has 0 aliphatic carbocycles. The van der Waals surface area contributed by atoms with E-state index in [9.17, 15) is 0 Å². The Hall–Kier alpha value is -2.37. The predicted octanol–water partition coefficient (Wildman–Crippen LogP) is 0.497. The summed E-state index contributed by atoms with van der Waals surface area (Å²) in [6.07, 6.45) is 7.07. The molecule has 3 aromatic rings. The van der Waals surface area contributed by atoms with Gasteiger partial charge in [0.15, 0.2) is 5.65 Å². The Morgan fingerprint density at radius 3 is 3.00 bits per heavy atom. The van der Waals surface area contributed by atoms with E-state index in [1.54, 1.807) is 23.2 Å². The van der Waals surface area contributed by atoms with Gasteiger partial charge in [-0.25, -0.2) is 9.50 Å². The van der Waals surface area contributed by atoms with Crippen molar-refractivity contribution in [3.8, 4) is 5.69 Å². The molecule has 2 N–H and O–H groups in total. The number of anilines is 1. The molecular formula is C9H8N6. The topological polar surface area (TPSA) is 74.0 Å². The van der Waals surface area contributed by atoms with E-state index in [4.69, 9.17) is 5.73 Å². The average Bonchev–Trinajstić information content (AvgIpc) is 2.82. The molecule has 0 spiro atoms. The number of rotatable bonds is 1. The van der Waals surface area contributed by atoms with Crippen molar-refractivity contribution >= 4 is 11.6 Å². The second-order valence-electron chi connectivity index (χ2n) is 3.10. The third-order valence-electron chi connectivity index (χ3n) is 2.14. The molecule has 0 aliphatic heterocycles. The van der Waals surface area contributed by atoms with Crippen molar-refractivity contribution in [2.24, 2.45) is 0 Å². The van der Waals surface area contributed by atoms with E-state index in [2.05, 4.69) is 15.1 Å². The lowest BCUT2D eigenvalue weighted by Gasteiger charge is -2.01. The van der Waals surface area contributed by atoms with Gasteiger partial charge in [0.05, 0.1) is 12.0 Å². The molecule has 0 aliphatic rings. The van der Waals surface area contributed by atoms with E-state index in [0.717, 1.165) is 5.69 Å². The third-order valence-corrected chi connectivity index (χ3v) is 2.14. The van der Waals surface area contributed by atoms with Crippen molar-refractivity contribution < 1.29 is 0 Å². The molecule has 0 amide bonds. The zero-order valence-electron chi connectivity index (χ0n) is 7.78. The molecule has 0 bridgehead atoms. The van der Waals surface area contributed by atoms with Crippen molar-refractivity contribution in [3.63, 3.8) is 0 Å². The summed E-state index contributed by atoms with van der Waals surface area (Å²) in [5.41, 5.74) is 7.16. The first-order valence-electron chi connectivity index (χ1n) is 4.44. The Balaban J connectivity index is 2.35. The number of nitrogens with zero attached hydrogens (tertiary/aromatic N) is 5. The van der Waals surface area contributed by atoms with Gasteiger partial charge < -0.3 is 10.3 Å². The highest BCUT2D eigenvalue weighted by molar-refractivity contribution is 5.59. The van der Waals surface area contributed by atoms with Crippen LogP contribution in [-0.2, 0) is 0 Å². The molecule has 6 heteroatoms. The maximum Gasteiger partial charge on any atom is 0.240 e. The first kappa shape index (κ1) is 7.98. The van der Waals surface area contributed by atoms with Gasteiger partial charge in [-0.05, 0) is 12.1 Å². The van der Waals surface area contributed by atoms with E-state index < -0.39 is 0 Å². The van der Waals surface area contributed by atoms with Crippen LogP contribution < -0.4 is 5.73 Å². The summed E-state index contributed by atoms with van der Waals surface area (Å²) < 4.78 is 3.51. The second-order valence-corrected chi connectivity index (χ2v) is 3.10. The first-order valence-corrected chi connectivity index (χ1v) is 4.44. The van der Waals surface area contributed by atoms with Gasteiger partial charge in [-0.3, -0.25) is 0 Å². The van der Waals surface area contributed by atoms with Crippen LogP contribution in [0.4, 0.5) is 5.95 Å². The molecule has 15 heavy (non-hydrogen) atoms. The molecular weight excluding hydrogens is 192 g/mol. The Labute approximate surface area is 85.0 Å². The summed E-state index contributed by atoms with van der Waals surface area (Å²) in [5, 5.41) is 4.03. The fourth-order valence-electron chi connectivity index (χ4n) is 1.51. The van der Waals surface area contributed by atoms with Crippen LogP contribution in [0.2, 0.25) is 0 Å². The minimum absolute atomic E-state index is 0.266. The lowest BCUT2D eigenvalue weighted by Crippen LogP contribution is -1.95. The summed E-state index contributed by atoms with van der Waals surface area (Å²) in [5.74, 6) is 0.266.